The Labute approximate surface area is 195 Å². The van der Waals surface area contributed by atoms with Gasteiger partial charge in [0.15, 0.2) is 0 Å². The van der Waals surface area contributed by atoms with Crippen molar-refractivity contribution in [3.05, 3.63) is 71.8 Å². The van der Waals surface area contributed by atoms with Gasteiger partial charge in [-0.3, -0.25) is 14.4 Å². The molecule has 3 rings (SSSR count). The molecule has 2 aromatic carbocycles. The van der Waals surface area contributed by atoms with Gasteiger partial charge >= 0.3 is 18.0 Å². The molecule has 0 radical (unpaired) electrons. The van der Waals surface area contributed by atoms with Gasteiger partial charge in [-0.1, -0.05) is 60.7 Å². The monoisotopic (exact) mass is 468 g/mol. The van der Waals surface area contributed by atoms with Crippen LogP contribution in [0.25, 0.3) is 0 Å². The second kappa shape index (κ2) is 12.1. The smallest absolute Gasteiger partial charge is 0.408 e. The van der Waals surface area contributed by atoms with Crippen LogP contribution < -0.4 is 5.32 Å². The molecule has 0 spiro atoms. The van der Waals surface area contributed by atoms with Crippen molar-refractivity contribution in [2.24, 2.45) is 0 Å². The predicted molar refractivity (Wildman–Crippen MR) is 116 cm³/mol. The third kappa shape index (κ3) is 7.44. The molecule has 10 heteroatoms. The molecule has 1 N–H and O–H groups in total. The minimum atomic E-state index is -1.35. The Balaban J connectivity index is 1.56. The Morgan fingerprint density at radius 1 is 0.824 bits per heavy atom. The van der Waals surface area contributed by atoms with Crippen LogP contribution in [-0.4, -0.2) is 41.0 Å². The number of ether oxygens (including phenoxy) is 2. The quantitative estimate of drug-likeness (QED) is 0.416. The van der Waals surface area contributed by atoms with Crippen molar-refractivity contribution in [1.29, 1.82) is 0 Å². The number of hydrogen-bond donors (Lipinski definition) is 1. The summed E-state index contributed by atoms with van der Waals surface area (Å²) in [5.41, 5.74) is 1.52. The third-order valence-corrected chi connectivity index (χ3v) is 4.86. The summed E-state index contributed by atoms with van der Waals surface area (Å²) >= 11 is 0. The third-order valence-electron chi connectivity index (χ3n) is 4.86. The fourth-order valence-electron chi connectivity index (χ4n) is 3.04. The molecule has 0 aliphatic carbocycles. The fourth-order valence-corrected chi connectivity index (χ4v) is 3.04. The second-order valence-corrected chi connectivity index (χ2v) is 7.44. The number of imide groups is 1. The van der Waals surface area contributed by atoms with Crippen LogP contribution in [0.15, 0.2) is 60.7 Å². The van der Waals surface area contributed by atoms with Crippen molar-refractivity contribution < 1.29 is 38.3 Å². The second-order valence-electron chi connectivity index (χ2n) is 7.44. The summed E-state index contributed by atoms with van der Waals surface area (Å²) < 4.78 is 10.3. The van der Waals surface area contributed by atoms with Crippen LogP contribution in [0.3, 0.4) is 0 Å². The molecule has 10 nitrogen and oxygen atoms in total. The lowest BCUT2D eigenvalue weighted by molar-refractivity contribution is -0.199. The first-order valence-corrected chi connectivity index (χ1v) is 10.7. The van der Waals surface area contributed by atoms with Gasteiger partial charge < -0.3 is 19.6 Å². The molecule has 1 saturated heterocycles. The van der Waals surface area contributed by atoms with E-state index < -0.39 is 35.9 Å². The highest BCUT2D eigenvalue weighted by Crippen LogP contribution is 2.14. The number of nitrogens with zero attached hydrogens (tertiary/aromatic N) is 1. The lowest BCUT2D eigenvalue weighted by atomic mass is 10.1. The van der Waals surface area contributed by atoms with Crippen LogP contribution in [0.2, 0.25) is 0 Å². The van der Waals surface area contributed by atoms with Gasteiger partial charge in [-0.15, -0.1) is 5.06 Å². The normalized spacial score (nSPS) is 13.8. The maximum Gasteiger partial charge on any atom is 0.408 e. The number of benzene rings is 2. The molecule has 0 bridgehead atoms. The highest BCUT2D eigenvalue weighted by molar-refractivity contribution is 6.01. The number of carbonyl (C=O) groups is 5. The summed E-state index contributed by atoms with van der Waals surface area (Å²) in [5, 5.41) is 2.70. The van der Waals surface area contributed by atoms with Gasteiger partial charge in [0.1, 0.15) is 19.3 Å². The zero-order valence-corrected chi connectivity index (χ0v) is 18.3. The van der Waals surface area contributed by atoms with Crippen molar-refractivity contribution in [3.8, 4) is 0 Å². The molecule has 1 fully saturated rings. The maximum absolute atomic E-state index is 12.6. The van der Waals surface area contributed by atoms with Crippen LogP contribution in [-0.2, 0) is 46.7 Å². The SMILES string of the molecule is O=C(CC[C@@H](NC(=O)OCc1ccccc1)C(=O)ON1C(=O)CCC1=O)OCc1ccccc1. The van der Waals surface area contributed by atoms with Crippen molar-refractivity contribution in [2.75, 3.05) is 0 Å². The molecule has 1 atom stereocenters. The Hall–Kier alpha value is -4.21. The van der Waals surface area contributed by atoms with Crippen LogP contribution in [0.4, 0.5) is 4.79 Å². The molecule has 34 heavy (non-hydrogen) atoms. The lowest BCUT2D eigenvalue weighted by Gasteiger charge is -2.20. The fraction of sp³-hybridized carbons (Fsp3) is 0.292. The van der Waals surface area contributed by atoms with E-state index in [4.69, 9.17) is 14.3 Å². The molecule has 0 unspecified atom stereocenters. The zero-order valence-electron chi connectivity index (χ0n) is 18.3. The van der Waals surface area contributed by atoms with E-state index in [-0.39, 0.29) is 38.9 Å². The summed E-state index contributed by atoms with van der Waals surface area (Å²) in [6.45, 7) is 0.00870. The first-order valence-electron chi connectivity index (χ1n) is 10.7. The van der Waals surface area contributed by atoms with E-state index in [1.54, 1.807) is 48.5 Å². The number of rotatable bonds is 10. The molecular formula is C24H24N2O8. The van der Waals surface area contributed by atoms with Crippen LogP contribution in [0, 0.1) is 0 Å². The minimum absolute atomic E-state index is 0.0450. The molecule has 1 aliphatic heterocycles. The Morgan fingerprint density at radius 2 is 1.35 bits per heavy atom. The minimum Gasteiger partial charge on any atom is -0.461 e. The van der Waals surface area contributed by atoms with Gasteiger partial charge in [0.2, 0.25) is 0 Å². The number of esters is 1. The number of carbonyl (C=O) groups excluding carboxylic acids is 5. The average molecular weight is 468 g/mol. The van der Waals surface area contributed by atoms with Gasteiger partial charge in [-0.2, -0.15) is 0 Å². The van der Waals surface area contributed by atoms with Gasteiger partial charge in [0.05, 0.1) is 0 Å². The van der Waals surface area contributed by atoms with Gasteiger partial charge in [0, 0.05) is 19.3 Å². The summed E-state index contributed by atoms with van der Waals surface area (Å²) in [6.07, 6.45) is -1.50. The molecule has 0 saturated carbocycles. The van der Waals surface area contributed by atoms with Gasteiger partial charge in [-0.25, -0.2) is 9.59 Å². The van der Waals surface area contributed by atoms with E-state index in [1.807, 2.05) is 12.1 Å². The molecule has 178 valence electrons. The van der Waals surface area contributed by atoms with E-state index in [0.29, 0.717) is 5.06 Å². The Morgan fingerprint density at radius 3 is 1.91 bits per heavy atom. The maximum atomic E-state index is 12.6. The topological polar surface area (TPSA) is 128 Å². The number of hydroxylamine groups is 2. The van der Waals surface area contributed by atoms with E-state index >= 15 is 0 Å². The first kappa shape index (κ1) is 24.4. The van der Waals surface area contributed by atoms with E-state index in [2.05, 4.69) is 5.32 Å². The van der Waals surface area contributed by atoms with Crippen molar-refractivity contribution in [3.63, 3.8) is 0 Å². The van der Waals surface area contributed by atoms with Crippen LogP contribution in [0.1, 0.15) is 36.8 Å². The van der Waals surface area contributed by atoms with Crippen LogP contribution >= 0.6 is 0 Å². The standard InChI is InChI=1S/C24H24N2O8/c27-20-12-13-21(28)26(20)34-23(30)19(25-24(31)33-16-18-9-5-2-6-10-18)11-14-22(29)32-15-17-7-3-1-4-8-17/h1-10,19H,11-16H2,(H,25,31)/t19-/m1/s1. The van der Waals surface area contributed by atoms with E-state index in [0.717, 1.165) is 11.1 Å². The number of hydrogen-bond acceptors (Lipinski definition) is 8. The predicted octanol–water partition coefficient (Wildman–Crippen LogP) is 2.41. The van der Waals surface area contributed by atoms with Gasteiger partial charge in [0.25, 0.3) is 11.8 Å². The number of amides is 3. The first-order chi connectivity index (χ1) is 16.4. The van der Waals surface area contributed by atoms with Crippen molar-refractivity contribution in [2.45, 2.75) is 44.9 Å². The summed E-state index contributed by atoms with van der Waals surface area (Å²) in [5.74, 6) is -3.00. The van der Waals surface area contributed by atoms with Gasteiger partial charge in [-0.05, 0) is 17.5 Å². The summed E-state index contributed by atoms with van der Waals surface area (Å²) in [6, 6.07) is 16.6. The van der Waals surface area contributed by atoms with Crippen LogP contribution in [0.5, 0.6) is 0 Å². The molecule has 1 heterocycles. The van der Waals surface area contributed by atoms with E-state index in [1.165, 1.54) is 0 Å². The summed E-state index contributed by atoms with van der Waals surface area (Å²) in [7, 11) is 0. The number of nitrogens with one attached hydrogen (secondary N) is 1. The highest BCUT2D eigenvalue weighted by atomic mass is 16.7. The van der Waals surface area contributed by atoms with Crippen molar-refractivity contribution >= 4 is 29.8 Å². The Kier molecular flexibility index (Phi) is 8.73. The molecule has 2 aromatic rings. The summed E-state index contributed by atoms with van der Waals surface area (Å²) in [4.78, 5) is 65.4. The highest BCUT2D eigenvalue weighted by Gasteiger charge is 2.35. The molecule has 1 aliphatic rings. The molecule has 0 aromatic heterocycles. The lowest BCUT2D eigenvalue weighted by Crippen LogP contribution is -2.45. The molecule has 3 amide bonds. The number of alkyl carbamates (subject to hydrolysis) is 1. The zero-order chi connectivity index (χ0) is 24.3. The average Bonchev–Trinajstić information content (AvgIpc) is 3.17. The van der Waals surface area contributed by atoms with E-state index in [9.17, 15) is 24.0 Å². The molecular weight excluding hydrogens is 444 g/mol. The largest absolute Gasteiger partial charge is 0.461 e. The Bertz CT molecular complexity index is 1010. The van der Waals surface area contributed by atoms with Crippen molar-refractivity contribution in [1.82, 2.24) is 10.4 Å².